The fraction of sp³-hybridized carbons (Fsp3) is 0.154. The summed E-state index contributed by atoms with van der Waals surface area (Å²) in [6.07, 6.45) is 2.85. The Balaban J connectivity index is 2.04. The predicted molar refractivity (Wildman–Crippen MR) is 75.7 cm³/mol. The van der Waals surface area contributed by atoms with Crippen LogP contribution < -0.4 is 5.32 Å². The van der Waals surface area contributed by atoms with E-state index in [1.807, 2.05) is 12.1 Å². The number of nitrogens with zero attached hydrogens (tertiary/aromatic N) is 3. The lowest BCUT2D eigenvalue weighted by molar-refractivity contribution is 0.104. The normalized spacial score (nSPS) is 16.4. The van der Waals surface area contributed by atoms with E-state index >= 15 is 0 Å². The molecule has 20 heavy (non-hydrogen) atoms. The molecular weight excluding hydrogens is 324 g/mol. The molecule has 2 heterocycles. The van der Waals surface area contributed by atoms with Crippen LogP contribution in [0.5, 0.6) is 0 Å². The molecule has 0 aliphatic carbocycles. The minimum Gasteiger partial charge on any atom is -0.476 e. The highest BCUT2D eigenvalue weighted by Gasteiger charge is 2.24. The summed E-state index contributed by atoms with van der Waals surface area (Å²) in [7, 11) is 0. The van der Waals surface area contributed by atoms with E-state index in [0.717, 1.165) is 4.47 Å². The van der Waals surface area contributed by atoms with Gasteiger partial charge in [0.25, 0.3) is 0 Å². The van der Waals surface area contributed by atoms with Crippen molar-refractivity contribution in [3.63, 3.8) is 0 Å². The van der Waals surface area contributed by atoms with Crippen LogP contribution in [0.3, 0.4) is 0 Å². The fourth-order valence-electron chi connectivity index (χ4n) is 1.89. The van der Waals surface area contributed by atoms with Crippen LogP contribution >= 0.6 is 15.9 Å². The van der Waals surface area contributed by atoms with Gasteiger partial charge in [-0.3, -0.25) is 4.79 Å². The summed E-state index contributed by atoms with van der Waals surface area (Å²) in [6.45, 7) is 1.20. The molecule has 1 aliphatic heterocycles. The molecule has 2 aromatic rings. The molecule has 6 nitrogen and oxygen atoms in total. The van der Waals surface area contributed by atoms with Crippen LogP contribution in [0.25, 0.3) is 5.70 Å². The second-order valence-corrected chi connectivity index (χ2v) is 5.04. The third kappa shape index (κ3) is 2.44. The molecular formula is C13H11BrN4O2. The third-order valence-electron chi connectivity index (χ3n) is 2.82. The van der Waals surface area contributed by atoms with E-state index < -0.39 is 0 Å². The lowest BCUT2D eigenvalue weighted by Gasteiger charge is -2.09. The van der Waals surface area contributed by atoms with Crippen molar-refractivity contribution in [3.8, 4) is 0 Å². The number of carbonyl (C=O) groups is 1. The number of carbonyl (C=O) groups excluding carboxylic acids is 1. The number of ether oxygens (including phenoxy) is 1. The van der Waals surface area contributed by atoms with Crippen molar-refractivity contribution in [1.29, 1.82) is 0 Å². The van der Waals surface area contributed by atoms with E-state index in [-0.39, 0.29) is 5.78 Å². The first kappa shape index (κ1) is 12.9. The molecule has 0 saturated carbocycles. The van der Waals surface area contributed by atoms with Gasteiger partial charge in [-0.25, -0.2) is 9.67 Å². The third-order valence-corrected chi connectivity index (χ3v) is 3.35. The molecule has 3 rings (SSSR count). The molecule has 0 unspecified atom stereocenters. The van der Waals surface area contributed by atoms with Crippen LogP contribution in [0.15, 0.2) is 47.3 Å². The minimum atomic E-state index is -0.174. The molecule has 0 bridgehead atoms. The van der Waals surface area contributed by atoms with Crippen molar-refractivity contribution in [3.05, 3.63) is 52.8 Å². The van der Waals surface area contributed by atoms with Crippen molar-refractivity contribution in [2.24, 2.45) is 0 Å². The van der Waals surface area contributed by atoms with Crippen LogP contribution in [0.2, 0.25) is 0 Å². The highest BCUT2D eigenvalue weighted by atomic mass is 79.9. The Labute approximate surface area is 123 Å². The molecule has 0 atom stereocenters. The molecule has 1 aromatic heterocycles. The van der Waals surface area contributed by atoms with E-state index in [4.69, 9.17) is 4.74 Å². The van der Waals surface area contributed by atoms with Gasteiger partial charge in [0.15, 0.2) is 5.70 Å². The van der Waals surface area contributed by atoms with Gasteiger partial charge < -0.3 is 10.1 Å². The first-order valence-electron chi connectivity index (χ1n) is 6.02. The number of hydrogen-bond acceptors (Lipinski definition) is 5. The molecule has 0 spiro atoms. The van der Waals surface area contributed by atoms with Gasteiger partial charge in [-0.15, -0.1) is 0 Å². The van der Waals surface area contributed by atoms with Crippen molar-refractivity contribution >= 4 is 27.4 Å². The number of allylic oxidation sites excluding steroid dienone is 1. The Morgan fingerprint density at radius 2 is 2.15 bits per heavy atom. The van der Waals surface area contributed by atoms with Crippen molar-refractivity contribution in [2.45, 2.75) is 0 Å². The van der Waals surface area contributed by atoms with Gasteiger partial charge in [0, 0.05) is 10.0 Å². The molecule has 102 valence electrons. The monoisotopic (exact) mass is 334 g/mol. The molecule has 1 aliphatic rings. The van der Waals surface area contributed by atoms with E-state index in [0.29, 0.717) is 30.3 Å². The smallest absolute Gasteiger partial charge is 0.217 e. The largest absolute Gasteiger partial charge is 0.476 e. The molecule has 1 N–H and O–H groups in total. The SMILES string of the molecule is O=C(/C(=C1\NCCO1)n1cncn1)c1ccc(Br)cc1. The fourth-order valence-corrected chi connectivity index (χ4v) is 2.16. The number of nitrogens with one attached hydrogen (secondary N) is 1. The average molecular weight is 335 g/mol. The molecule has 1 fully saturated rings. The predicted octanol–water partition coefficient (Wildman–Crippen LogP) is 1.67. The zero-order chi connectivity index (χ0) is 13.9. The van der Waals surface area contributed by atoms with Crippen LogP contribution in [0, 0.1) is 0 Å². The van der Waals surface area contributed by atoms with Crippen molar-refractivity contribution < 1.29 is 9.53 Å². The number of Topliss-reactive ketones (excluding diaryl/α,β-unsaturated/α-hetero) is 1. The molecule has 1 saturated heterocycles. The summed E-state index contributed by atoms with van der Waals surface area (Å²) in [4.78, 5) is 16.5. The van der Waals surface area contributed by atoms with Gasteiger partial charge in [0.05, 0.1) is 6.54 Å². The highest BCUT2D eigenvalue weighted by Crippen LogP contribution is 2.19. The number of hydrogen-bond donors (Lipinski definition) is 1. The lowest BCUT2D eigenvalue weighted by atomic mass is 10.1. The van der Waals surface area contributed by atoms with Gasteiger partial charge >= 0.3 is 0 Å². The number of benzene rings is 1. The number of rotatable bonds is 3. The summed E-state index contributed by atoms with van der Waals surface area (Å²) in [5.74, 6) is 0.260. The minimum absolute atomic E-state index is 0.174. The van der Waals surface area contributed by atoms with E-state index in [1.54, 1.807) is 12.1 Å². The first-order valence-corrected chi connectivity index (χ1v) is 6.81. The highest BCUT2D eigenvalue weighted by molar-refractivity contribution is 9.10. The zero-order valence-electron chi connectivity index (χ0n) is 10.4. The van der Waals surface area contributed by atoms with Gasteiger partial charge in [0.1, 0.15) is 19.3 Å². The number of aromatic nitrogens is 3. The molecule has 7 heteroatoms. The van der Waals surface area contributed by atoms with Crippen molar-refractivity contribution in [1.82, 2.24) is 20.1 Å². The number of ketones is 1. The standard InChI is InChI=1S/C13H11BrN4O2/c14-10-3-1-9(2-4-10)12(19)11(13-16-5-6-20-13)18-8-15-7-17-18/h1-4,7-8,16H,5-6H2/b13-11-. The maximum atomic E-state index is 12.7. The Bertz CT molecular complexity index is 642. The quantitative estimate of drug-likeness (QED) is 0.683. The Morgan fingerprint density at radius 1 is 1.35 bits per heavy atom. The van der Waals surface area contributed by atoms with Gasteiger partial charge in [-0.1, -0.05) is 15.9 Å². The summed E-state index contributed by atoms with van der Waals surface area (Å²) < 4.78 is 7.79. The van der Waals surface area contributed by atoms with Crippen LogP contribution in [0.4, 0.5) is 0 Å². The average Bonchev–Trinajstić information content (AvgIpc) is 3.13. The summed E-state index contributed by atoms with van der Waals surface area (Å²) >= 11 is 3.35. The van der Waals surface area contributed by atoms with Crippen LogP contribution in [0.1, 0.15) is 10.4 Å². The maximum absolute atomic E-state index is 12.7. The van der Waals surface area contributed by atoms with Crippen LogP contribution in [-0.4, -0.2) is 33.7 Å². The Morgan fingerprint density at radius 3 is 2.75 bits per heavy atom. The molecule has 1 aromatic carbocycles. The Hall–Kier alpha value is -2.15. The zero-order valence-corrected chi connectivity index (χ0v) is 12.0. The summed E-state index contributed by atoms with van der Waals surface area (Å²) in [5.41, 5.74) is 0.894. The molecule has 0 amide bonds. The summed E-state index contributed by atoms with van der Waals surface area (Å²) in [5, 5.41) is 7.07. The second kappa shape index (κ2) is 5.46. The number of halogens is 1. The first-order chi connectivity index (χ1) is 9.75. The van der Waals surface area contributed by atoms with Gasteiger partial charge in [0.2, 0.25) is 11.7 Å². The van der Waals surface area contributed by atoms with E-state index in [2.05, 4.69) is 31.3 Å². The van der Waals surface area contributed by atoms with Crippen molar-refractivity contribution in [2.75, 3.05) is 13.2 Å². The maximum Gasteiger partial charge on any atom is 0.217 e. The van der Waals surface area contributed by atoms with Gasteiger partial charge in [-0.05, 0) is 24.3 Å². The van der Waals surface area contributed by atoms with Crippen LogP contribution in [-0.2, 0) is 4.74 Å². The van der Waals surface area contributed by atoms with E-state index in [1.165, 1.54) is 17.3 Å². The Kier molecular flexibility index (Phi) is 3.51. The second-order valence-electron chi connectivity index (χ2n) is 4.13. The van der Waals surface area contributed by atoms with Gasteiger partial charge in [-0.2, -0.15) is 5.10 Å². The lowest BCUT2D eigenvalue weighted by Crippen LogP contribution is -2.18. The summed E-state index contributed by atoms with van der Waals surface area (Å²) in [6, 6.07) is 7.14. The van der Waals surface area contributed by atoms with E-state index in [9.17, 15) is 4.79 Å². The molecule has 0 radical (unpaired) electrons. The topological polar surface area (TPSA) is 69.0 Å².